The molecule has 0 radical (unpaired) electrons. The second-order valence-electron chi connectivity index (χ2n) is 7.36. The number of rotatable bonds is 0. The largest absolute Gasteiger partial charge is 0.381 e. The zero-order valence-corrected chi connectivity index (χ0v) is 14.0. The Balaban J connectivity index is 0.000000109. The van der Waals surface area contributed by atoms with Gasteiger partial charge in [0.1, 0.15) is 0 Å². The highest BCUT2D eigenvalue weighted by atomic mass is 15.0. The maximum absolute atomic E-state index is 3.60. The smallest absolute Gasteiger partial charge is 0.0458 e. The van der Waals surface area contributed by atoms with Crippen molar-refractivity contribution in [1.82, 2.24) is 4.98 Å². The number of anilines is 1. The van der Waals surface area contributed by atoms with Crippen LogP contribution in [0.15, 0.2) is 48.5 Å². The molecule has 2 N–H and O–H groups in total. The number of aromatic amines is 1. The summed E-state index contributed by atoms with van der Waals surface area (Å²) in [6.07, 6.45) is 7.97. The normalized spacial score (nSPS) is 23.2. The number of hydrogen-bond donors (Lipinski definition) is 2. The van der Waals surface area contributed by atoms with Crippen molar-refractivity contribution >= 4 is 16.6 Å². The van der Waals surface area contributed by atoms with E-state index >= 15 is 0 Å². The van der Waals surface area contributed by atoms with E-state index in [2.05, 4.69) is 58.8 Å². The molecule has 1 saturated carbocycles. The van der Waals surface area contributed by atoms with E-state index < -0.39 is 0 Å². The number of para-hydroxylation sites is 2. The highest BCUT2D eigenvalue weighted by Gasteiger charge is 2.34. The van der Waals surface area contributed by atoms with E-state index in [0.717, 1.165) is 12.0 Å². The predicted octanol–water partition coefficient (Wildman–Crippen LogP) is 5.40. The van der Waals surface area contributed by atoms with Crippen molar-refractivity contribution in [2.45, 2.75) is 50.5 Å². The molecule has 122 valence electrons. The number of H-pyrrole nitrogens is 1. The van der Waals surface area contributed by atoms with Crippen LogP contribution in [-0.4, -0.2) is 11.0 Å². The third-order valence-corrected chi connectivity index (χ3v) is 5.97. The van der Waals surface area contributed by atoms with Gasteiger partial charge in [-0.25, -0.2) is 0 Å². The lowest BCUT2D eigenvalue weighted by molar-refractivity contribution is 0.689. The first kappa shape index (κ1) is 14.2. The molecule has 3 aliphatic rings. The lowest BCUT2D eigenvalue weighted by Crippen LogP contribution is -2.13. The number of hydrogen-bond acceptors (Lipinski definition) is 1. The summed E-state index contributed by atoms with van der Waals surface area (Å²) in [6.45, 7) is 0. The van der Waals surface area contributed by atoms with E-state index in [1.54, 1.807) is 11.1 Å². The fourth-order valence-electron chi connectivity index (χ4n) is 4.85. The van der Waals surface area contributed by atoms with Crippen molar-refractivity contribution in [1.29, 1.82) is 0 Å². The van der Waals surface area contributed by atoms with Crippen molar-refractivity contribution in [3.8, 4) is 0 Å². The van der Waals surface area contributed by atoms with Crippen LogP contribution in [0, 0.1) is 0 Å². The molecule has 2 nitrogen and oxygen atoms in total. The Labute approximate surface area is 143 Å². The minimum Gasteiger partial charge on any atom is -0.381 e. The maximum Gasteiger partial charge on any atom is 0.0458 e. The molecule has 2 atom stereocenters. The van der Waals surface area contributed by atoms with Gasteiger partial charge in [0.05, 0.1) is 0 Å². The van der Waals surface area contributed by atoms with Crippen LogP contribution in [0.1, 0.15) is 48.4 Å². The molecule has 2 heterocycles. The Morgan fingerprint density at radius 2 is 1.71 bits per heavy atom. The van der Waals surface area contributed by atoms with Gasteiger partial charge in [0.2, 0.25) is 0 Å². The van der Waals surface area contributed by atoms with Crippen LogP contribution in [-0.2, 0) is 12.8 Å². The molecular weight excluding hydrogens is 292 g/mol. The Morgan fingerprint density at radius 3 is 2.71 bits per heavy atom. The summed E-state index contributed by atoms with van der Waals surface area (Å²) in [5.41, 5.74) is 7.27. The Kier molecular flexibility index (Phi) is 3.36. The van der Waals surface area contributed by atoms with Gasteiger partial charge in [-0.3, -0.25) is 0 Å². The molecule has 1 fully saturated rings. The standard InChI is InChI=1S/C11H13N.C11H11N/c2*1-2-6-10-8(4-1)9-5-3-7-11(9)12-10/h1-2,4,6,9,11-12H,3,5,7H2;1-2,4,6,12H,3,5,7H2/t9?,11-;/m1./s1. The summed E-state index contributed by atoms with van der Waals surface area (Å²) in [7, 11) is 0. The molecule has 2 aliphatic carbocycles. The van der Waals surface area contributed by atoms with E-state index in [1.165, 1.54) is 60.8 Å². The van der Waals surface area contributed by atoms with E-state index in [0.29, 0.717) is 0 Å². The molecule has 1 aromatic heterocycles. The average molecular weight is 316 g/mol. The number of aromatic nitrogens is 1. The van der Waals surface area contributed by atoms with E-state index in [4.69, 9.17) is 0 Å². The van der Waals surface area contributed by atoms with Gasteiger partial charge in [0.25, 0.3) is 0 Å². The Bertz CT molecular complexity index is 877. The van der Waals surface area contributed by atoms with Crippen LogP contribution >= 0.6 is 0 Å². The van der Waals surface area contributed by atoms with Crippen LogP contribution in [0.3, 0.4) is 0 Å². The van der Waals surface area contributed by atoms with Gasteiger partial charge in [-0.2, -0.15) is 0 Å². The molecule has 0 amide bonds. The number of nitrogens with one attached hydrogen (secondary N) is 2. The van der Waals surface area contributed by atoms with Crippen LogP contribution in [0.25, 0.3) is 10.9 Å². The number of fused-ring (bicyclic) bond motifs is 6. The van der Waals surface area contributed by atoms with E-state index in [9.17, 15) is 0 Å². The number of aryl methyl sites for hydroxylation is 2. The molecule has 2 heteroatoms. The van der Waals surface area contributed by atoms with Crippen molar-refractivity contribution in [2.24, 2.45) is 0 Å². The lowest BCUT2D eigenvalue weighted by Gasteiger charge is -2.07. The molecule has 1 aliphatic heterocycles. The van der Waals surface area contributed by atoms with Crippen molar-refractivity contribution in [3.63, 3.8) is 0 Å². The van der Waals surface area contributed by atoms with Gasteiger partial charge in [-0.1, -0.05) is 42.8 Å². The fraction of sp³-hybridized carbons (Fsp3) is 0.364. The average Bonchev–Trinajstić information content (AvgIpc) is 3.35. The third kappa shape index (κ3) is 2.24. The molecule has 0 bridgehead atoms. The van der Waals surface area contributed by atoms with Crippen molar-refractivity contribution < 1.29 is 0 Å². The van der Waals surface area contributed by atoms with Crippen molar-refractivity contribution in [2.75, 3.05) is 5.32 Å². The highest BCUT2D eigenvalue weighted by molar-refractivity contribution is 5.85. The quantitative estimate of drug-likeness (QED) is 0.570. The summed E-state index contributed by atoms with van der Waals surface area (Å²) in [4.78, 5) is 3.48. The zero-order chi connectivity index (χ0) is 15.9. The summed E-state index contributed by atoms with van der Waals surface area (Å²) in [5.74, 6) is 0.821. The summed E-state index contributed by atoms with van der Waals surface area (Å²) in [6, 6.07) is 18.1. The summed E-state index contributed by atoms with van der Waals surface area (Å²) in [5, 5.41) is 5.03. The monoisotopic (exact) mass is 316 g/mol. The fourth-order valence-corrected chi connectivity index (χ4v) is 4.85. The first-order valence-corrected chi connectivity index (χ1v) is 9.34. The van der Waals surface area contributed by atoms with Crippen molar-refractivity contribution in [3.05, 3.63) is 65.4 Å². The van der Waals surface area contributed by atoms with Crippen LogP contribution < -0.4 is 5.32 Å². The highest BCUT2D eigenvalue weighted by Crippen LogP contribution is 2.44. The zero-order valence-electron chi connectivity index (χ0n) is 14.0. The van der Waals surface area contributed by atoms with Gasteiger partial charge in [-0.15, -0.1) is 0 Å². The lowest BCUT2D eigenvalue weighted by atomic mass is 9.98. The Hall–Kier alpha value is -2.22. The molecule has 0 saturated heterocycles. The van der Waals surface area contributed by atoms with Crippen LogP contribution in [0.2, 0.25) is 0 Å². The van der Waals surface area contributed by atoms with E-state index in [-0.39, 0.29) is 0 Å². The molecule has 0 spiro atoms. The predicted molar refractivity (Wildman–Crippen MR) is 101 cm³/mol. The minimum atomic E-state index is 0.752. The van der Waals surface area contributed by atoms with Gasteiger partial charge in [0.15, 0.2) is 0 Å². The van der Waals surface area contributed by atoms with Gasteiger partial charge < -0.3 is 10.3 Å². The summed E-state index contributed by atoms with van der Waals surface area (Å²) < 4.78 is 0. The summed E-state index contributed by atoms with van der Waals surface area (Å²) >= 11 is 0. The molecule has 24 heavy (non-hydrogen) atoms. The third-order valence-electron chi connectivity index (χ3n) is 5.97. The molecule has 1 unspecified atom stereocenters. The Morgan fingerprint density at radius 1 is 0.833 bits per heavy atom. The molecule has 6 rings (SSSR count). The minimum absolute atomic E-state index is 0.752. The first-order valence-electron chi connectivity index (χ1n) is 9.34. The van der Waals surface area contributed by atoms with Gasteiger partial charge in [-0.05, 0) is 55.4 Å². The van der Waals surface area contributed by atoms with Gasteiger partial charge in [0, 0.05) is 34.2 Å². The molecule has 2 aromatic carbocycles. The molecular formula is C22H24N2. The topological polar surface area (TPSA) is 27.8 Å². The van der Waals surface area contributed by atoms with E-state index in [1.807, 2.05) is 0 Å². The first-order chi connectivity index (χ1) is 11.9. The molecule has 3 aromatic rings. The second-order valence-corrected chi connectivity index (χ2v) is 7.36. The van der Waals surface area contributed by atoms with Crippen LogP contribution in [0.5, 0.6) is 0 Å². The van der Waals surface area contributed by atoms with Crippen LogP contribution in [0.4, 0.5) is 5.69 Å². The second kappa shape index (κ2) is 5.70. The SMILES string of the molecule is c1ccc2c(c1)N[C@@H]1CCCC21.c1ccc2c3c([nH]c2c1)CCC3. The maximum atomic E-state index is 3.60. The van der Waals surface area contributed by atoms with Gasteiger partial charge >= 0.3 is 0 Å². The number of benzene rings is 2.